The van der Waals surface area contributed by atoms with Crippen LogP contribution in [0.1, 0.15) is 50.2 Å². The molecule has 0 bridgehead atoms. The zero-order valence-electron chi connectivity index (χ0n) is 16.5. The van der Waals surface area contributed by atoms with Gasteiger partial charge in [0.1, 0.15) is 5.82 Å². The molecule has 0 saturated carbocycles. The highest BCUT2D eigenvalue weighted by Crippen LogP contribution is 2.24. The summed E-state index contributed by atoms with van der Waals surface area (Å²) in [6.45, 7) is 5.67. The summed E-state index contributed by atoms with van der Waals surface area (Å²) < 4.78 is 25.6. The largest absolute Gasteiger partial charge is 0.352 e. The van der Waals surface area contributed by atoms with Crippen molar-refractivity contribution in [3.8, 4) is 11.1 Å². The second kappa shape index (κ2) is 10.0. The van der Waals surface area contributed by atoms with E-state index in [1.54, 1.807) is 13.0 Å². The van der Waals surface area contributed by atoms with Crippen LogP contribution in [0.15, 0.2) is 42.5 Å². The first-order valence-corrected chi connectivity index (χ1v) is 10.2. The molecule has 27 heavy (non-hydrogen) atoms. The molecule has 1 aliphatic heterocycles. The summed E-state index contributed by atoms with van der Waals surface area (Å²) in [5.41, 5.74) is 3.88. The highest BCUT2D eigenvalue weighted by Gasteiger charge is 2.21. The molecular formula is C24H31FO2. The fraction of sp³-hybridized carbons (Fsp3) is 0.500. The van der Waals surface area contributed by atoms with Crippen LogP contribution in [0, 0.1) is 18.7 Å². The van der Waals surface area contributed by atoms with Crippen LogP contribution in [0.3, 0.4) is 0 Å². The molecule has 0 aromatic heterocycles. The van der Waals surface area contributed by atoms with E-state index in [0.717, 1.165) is 37.2 Å². The highest BCUT2D eigenvalue weighted by atomic mass is 19.1. The van der Waals surface area contributed by atoms with Crippen molar-refractivity contribution in [2.45, 2.75) is 58.7 Å². The first-order chi connectivity index (χ1) is 13.2. The molecule has 2 nitrogen and oxygen atoms in total. The molecule has 0 radical (unpaired) electrons. The number of aryl methyl sites for hydroxylation is 2. The molecule has 1 heterocycles. The van der Waals surface area contributed by atoms with Crippen LogP contribution in [-0.2, 0) is 15.9 Å². The van der Waals surface area contributed by atoms with E-state index < -0.39 is 0 Å². The Kier molecular flexibility index (Phi) is 7.42. The Labute approximate surface area is 162 Å². The van der Waals surface area contributed by atoms with Crippen molar-refractivity contribution in [3.63, 3.8) is 0 Å². The van der Waals surface area contributed by atoms with Gasteiger partial charge < -0.3 is 9.47 Å². The summed E-state index contributed by atoms with van der Waals surface area (Å²) in [4.78, 5) is 0. The lowest BCUT2D eigenvalue weighted by Gasteiger charge is -2.29. The molecule has 1 aliphatic rings. The second-order valence-electron chi connectivity index (χ2n) is 7.66. The van der Waals surface area contributed by atoms with Gasteiger partial charge in [-0.25, -0.2) is 4.39 Å². The van der Waals surface area contributed by atoms with Gasteiger partial charge in [0.15, 0.2) is 6.29 Å². The Morgan fingerprint density at radius 3 is 2.30 bits per heavy atom. The van der Waals surface area contributed by atoms with Gasteiger partial charge in [0, 0.05) is 12.3 Å². The van der Waals surface area contributed by atoms with E-state index in [2.05, 4.69) is 31.2 Å². The third kappa shape index (κ3) is 5.88. The van der Waals surface area contributed by atoms with Crippen LogP contribution >= 0.6 is 0 Å². The molecule has 0 amide bonds. The minimum absolute atomic E-state index is 0.0849. The van der Waals surface area contributed by atoms with E-state index in [1.165, 1.54) is 31.2 Å². The van der Waals surface area contributed by atoms with E-state index in [1.807, 2.05) is 12.1 Å². The molecule has 3 heteroatoms. The molecule has 0 aliphatic carbocycles. The second-order valence-corrected chi connectivity index (χ2v) is 7.66. The quantitative estimate of drug-likeness (QED) is 0.507. The van der Waals surface area contributed by atoms with Crippen molar-refractivity contribution in [1.82, 2.24) is 0 Å². The Bertz CT molecular complexity index is 703. The van der Waals surface area contributed by atoms with Crippen molar-refractivity contribution >= 4 is 0 Å². The van der Waals surface area contributed by atoms with Gasteiger partial charge in [-0.15, -0.1) is 0 Å². The maximum Gasteiger partial charge on any atom is 0.157 e. The summed E-state index contributed by atoms with van der Waals surface area (Å²) in [7, 11) is 0. The zero-order chi connectivity index (χ0) is 19.1. The predicted molar refractivity (Wildman–Crippen MR) is 108 cm³/mol. The molecule has 0 spiro atoms. The molecule has 0 N–H and O–H groups in total. The van der Waals surface area contributed by atoms with Gasteiger partial charge in [-0.3, -0.25) is 0 Å². The number of rotatable bonds is 8. The smallest absolute Gasteiger partial charge is 0.157 e. The molecule has 0 unspecified atom stereocenters. The van der Waals surface area contributed by atoms with Gasteiger partial charge in [0.05, 0.1) is 13.2 Å². The molecule has 1 saturated heterocycles. The lowest BCUT2D eigenvalue weighted by molar-refractivity contribution is -0.203. The fourth-order valence-corrected chi connectivity index (χ4v) is 3.52. The topological polar surface area (TPSA) is 18.5 Å². The van der Waals surface area contributed by atoms with Crippen LogP contribution in [0.2, 0.25) is 0 Å². The lowest BCUT2D eigenvalue weighted by atomic mass is 10.0. The van der Waals surface area contributed by atoms with E-state index >= 15 is 0 Å². The number of halogens is 1. The van der Waals surface area contributed by atoms with Gasteiger partial charge in [0.25, 0.3) is 0 Å². The minimum atomic E-state index is -0.156. The van der Waals surface area contributed by atoms with E-state index in [9.17, 15) is 4.39 Å². The SMILES string of the molecule is CCCCCC1COC(CCc2ccc(-c3ccc(C)c(F)c3)cc2)OC1. The Balaban J connectivity index is 1.45. The predicted octanol–water partition coefficient (Wildman–Crippen LogP) is 6.30. The van der Waals surface area contributed by atoms with Crippen molar-refractivity contribution in [2.75, 3.05) is 13.2 Å². The average Bonchev–Trinajstić information content (AvgIpc) is 2.70. The molecule has 146 valence electrons. The van der Waals surface area contributed by atoms with Crippen LogP contribution in [0.5, 0.6) is 0 Å². The lowest BCUT2D eigenvalue weighted by Crippen LogP contribution is -2.32. The minimum Gasteiger partial charge on any atom is -0.352 e. The maximum atomic E-state index is 13.8. The monoisotopic (exact) mass is 370 g/mol. The fourth-order valence-electron chi connectivity index (χ4n) is 3.52. The molecule has 1 fully saturated rings. The van der Waals surface area contributed by atoms with E-state index in [4.69, 9.17) is 9.47 Å². The third-order valence-electron chi connectivity index (χ3n) is 5.38. The van der Waals surface area contributed by atoms with Gasteiger partial charge in [-0.1, -0.05) is 62.6 Å². The molecular weight excluding hydrogens is 339 g/mol. The van der Waals surface area contributed by atoms with Gasteiger partial charge in [-0.2, -0.15) is 0 Å². The summed E-state index contributed by atoms with van der Waals surface area (Å²) in [6.07, 6.45) is 6.75. The average molecular weight is 371 g/mol. The number of ether oxygens (including phenoxy) is 2. The van der Waals surface area contributed by atoms with Crippen LogP contribution < -0.4 is 0 Å². The molecule has 2 aromatic carbocycles. The zero-order valence-corrected chi connectivity index (χ0v) is 16.5. The van der Waals surface area contributed by atoms with Gasteiger partial charge in [0.2, 0.25) is 0 Å². The molecule has 3 rings (SSSR count). The number of unbranched alkanes of at least 4 members (excludes halogenated alkanes) is 2. The summed E-state index contributed by atoms with van der Waals surface area (Å²) in [5, 5.41) is 0. The highest BCUT2D eigenvalue weighted by molar-refractivity contribution is 5.64. The molecule has 2 aromatic rings. The van der Waals surface area contributed by atoms with Crippen molar-refractivity contribution < 1.29 is 13.9 Å². The first kappa shape index (κ1) is 20.0. The summed E-state index contributed by atoms with van der Waals surface area (Å²) in [5.74, 6) is 0.401. The Hall–Kier alpha value is -1.71. The van der Waals surface area contributed by atoms with Crippen molar-refractivity contribution in [2.24, 2.45) is 5.92 Å². The Morgan fingerprint density at radius 2 is 1.63 bits per heavy atom. The maximum absolute atomic E-state index is 13.8. The Morgan fingerprint density at radius 1 is 0.926 bits per heavy atom. The van der Waals surface area contributed by atoms with Crippen molar-refractivity contribution in [3.05, 3.63) is 59.4 Å². The normalized spacial score (nSPS) is 20.0. The standard InChI is InChI=1S/C24H31FO2/c1-3-4-5-6-20-16-26-24(27-17-20)14-10-19-8-12-21(13-9-19)22-11-7-18(2)23(25)15-22/h7-9,11-13,15,20,24H,3-6,10,14,16-17H2,1-2H3. The van der Waals surface area contributed by atoms with Crippen LogP contribution in [0.25, 0.3) is 11.1 Å². The summed E-state index contributed by atoms with van der Waals surface area (Å²) in [6, 6.07) is 13.7. The van der Waals surface area contributed by atoms with Crippen molar-refractivity contribution in [1.29, 1.82) is 0 Å². The first-order valence-electron chi connectivity index (χ1n) is 10.2. The van der Waals surface area contributed by atoms with Gasteiger partial charge >= 0.3 is 0 Å². The van der Waals surface area contributed by atoms with Crippen LogP contribution in [-0.4, -0.2) is 19.5 Å². The number of benzene rings is 2. The summed E-state index contributed by atoms with van der Waals surface area (Å²) >= 11 is 0. The number of hydrogen-bond acceptors (Lipinski definition) is 2. The van der Waals surface area contributed by atoms with E-state index in [-0.39, 0.29) is 12.1 Å². The van der Waals surface area contributed by atoms with Gasteiger partial charge in [-0.05, 0) is 48.1 Å². The third-order valence-corrected chi connectivity index (χ3v) is 5.38. The van der Waals surface area contributed by atoms with Crippen LogP contribution in [0.4, 0.5) is 4.39 Å². The van der Waals surface area contributed by atoms with E-state index in [0.29, 0.717) is 11.5 Å². The molecule has 0 atom stereocenters. The number of hydrogen-bond donors (Lipinski definition) is 0.